The molecule has 2 rings (SSSR count). The number of carbonyl (C=O) groups is 1. The zero-order valence-corrected chi connectivity index (χ0v) is 13.9. The van der Waals surface area contributed by atoms with E-state index in [1.165, 1.54) is 0 Å². The first kappa shape index (κ1) is 16.6. The minimum atomic E-state index is -0.0871. The highest BCUT2D eigenvalue weighted by molar-refractivity contribution is 5.99. The van der Waals surface area contributed by atoms with Crippen molar-refractivity contribution in [1.29, 1.82) is 0 Å². The molecular weight excluding hydrogens is 280 g/mol. The average Bonchev–Trinajstić information content (AvgIpc) is 2.87. The summed E-state index contributed by atoms with van der Waals surface area (Å²) in [4.78, 5) is 14.4. The Kier molecular flexibility index (Phi) is 5.66. The van der Waals surface area contributed by atoms with Crippen molar-refractivity contribution in [3.63, 3.8) is 0 Å². The molecule has 1 atom stereocenters. The molecule has 0 aromatic heterocycles. The van der Waals surface area contributed by atoms with Crippen molar-refractivity contribution < 1.29 is 14.3 Å². The molecule has 0 bridgehead atoms. The lowest BCUT2D eigenvalue weighted by Crippen LogP contribution is -2.39. The normalized spacial score (nSPS) is 18.1. The Morgan fingerprint density at radius 3 is 2.41 bits per heavy atom. The first-order valence-corrected chi connectivity index (χ1v) is 7.83. The van der Waals surface area contributed by atoms with E-state index in [4.69, 9.17) is 9.47 Å². The second kappa shape index (κ2) is 7.49. The Balaban J connectivity index is 2.06. The summed E-state index contributed by atoms with van der Waals surface area (Å²) in [6.45, 7) is 5.97. The minimum absolute atomic E-state index is 0.0871. The Bertz CT molecular complexity index is 494. The van der Waals surface area contributed by atoms with E-state index >= 15 is 0 Å². The number of carbonyl (C=O) groups excluding carboxylic acids is 1. The van der Waals surface area contributed by atoms with Crippen LogP contribution in [0.4, 0.5) is 5.69 Å². The largest absolute Gasteiger partial charge is 0.497 e. The summed E-state index contributed by atoms with van der Waals surface area (Å²) in [6.07, 6.45) is 1.91. The maximum atomic E-state index is 12.6. The lowest BCUT2D eigenvalue weighted by Gasteiger charge is -2.19. The molecule has 1 heterocycles. The summed E-state index contributed by atoms with van der Waals surface area (Å²) in [5, 5.41) is 3.37. The van der Waals surface area contributed by atoms with Crippen LogP contribution in [-0.2, 0) is 4.79 Å². The summed E-state index contributed by atoms with van der Waals surface area (Å²) >= 11 is 0. The second-order valence-electron chi connectivity index (χ2n) is 6.04. The number of hydrogen-bond donors (Lipinski definition) is 1. The third kappa shape index (κ3) is 3.91. The average molecular weight is 306 g/mol. The van der Waals surface area contributed by atoms with E-state index in [9.17, 15) is 4.79 Å². The van der Waals surface area contributed by atoms with Gasteiger partial charge in [0.2, 0.25) is 5.91 Å². The van der Waals surface area contributed by atoms with Gasteiger partial charge in [0, 0.05) is 24.7 Å². The number of rotatable bonds is 7. The van der Waals surface area contributed by atoms with Crippen LogP contribution in [-0.4, -0.2) is 39.3 Å². The molecule has 122 valence electrons. The topological polar surface area (TPSA) is 50.8 Å². The number of ether oxygens (including phenoxy) is 2. The van der Waals surface area contributed by atoms with Crippen molar-refractivity contribution >= 4 is 11.6 Å². The highest BCUT2D eigenvalue weighted by atomic mass is 16.5. The molecule has 0 aliphatic carbocycles. The van der Waals surface area contributed by atoms with Crippen molar-refractivity contribution in [2.45, 2.75) is 32.7 Å². The van der Waals surface area contributed by atoms with Crippen molar-refractivity contribution in [3.05, 3.63) is 18.2 Å². The van der Waals surface area contributed by atoms with E-state index < -0.39 is 0 Å². The number of amides is 1. The van der Waals surface area contributed by atoms with Crippen molar-refractivity contribution in [1.82, 2.24) is 5.32 Å². The van der Waals surface area contributed by atoms with Gasteiger partial charge in [-0.25, -0.2) is 0 Å². The first-order chi connectivity index (χ1) is 10.5. The van der Waals surface area contributed by atoms with Crippen molar-refractivity contribution in [2.24, 2.45) is 5.92 Å². The Hall–Kier alpha value is -1.75. The van der Waals surface area contributed by atoms with Gasteiger partial charge in [0.15, 0.2) is 0 Å². The monoisotopic (exact) mass is 306 g/mol. The predicted molar refractivity (Wildman–Crippen MR) is 87.8 cm³/mol. The standard InChI is InChI=1S/C17H26N2O3/c1-12(2)5-7-18-16-6-8-19(17(16)20)13-9-14(21-3)11-15(10-13)22-4/h9-12,16,18H,5-8H2,1-4H3. The van der Waals surface area contributed by atoms with E-state index in [2.05, 4.69) is 19.2 Å². The summed E-state index contributed by atoms with van der Waals surface area (Å²) < 4.78 is 10.6. The van der Waals surface area contributed by atoms with Gasteiger partial charge in [-0.3, -0.25) is 4.79 Å². The molecule has 1 amide bonds. The fraction of sp³-hybridized carbons (Fsp3) is 0.588. The Morgan fingerprint density at radius 2 is 1.86 bits per heavy atom. The van der Waals surface area contributed by atoms with Crippen LogP contribution in [0.1, 0.15) is 26.7 Å². The van der Waals surface area contributed by atoms with Crippen LogP contribution in [0.15, 0.2) is 18.2 Å². The molecule has 1 aliphatic rings. The molecule has 0 spiro atoms. The number of nitrogens with zero attached hydrogens (tertiary/aromatic N) is 1. The smallest absolute Gasteiger partial charge is 0.244 e. The maximum absolute atomic E-state index is 12.6. The quantitative estimate of drug-likeness (QED) is 0.840. The number of benzene rings is 1. The minimum Gasteiger partial charge on any atom is -0.497 e. The van der Waals surface area contributed by atoms with Crippen LogP contribution in [0.2, 0.25) is 0 Å². The molecule has 0 saturated carbocycles. The van der Waals surface area contributed by atoms with Gasteiger partial charge in [-0.15, -0.1) is 0 Å². The van der Waals surface area contributed by atoms with Crippen LogP contribution in [0.5, 0.6) is 11.5 Å². The summed E-state index contributed by atoms with van der Waals surface area (Å²) in [5.41, 5.74) is 0.828. The third-order valence-corrected chi connectivity index (χ3v) is 3.97. The third-order valence-electron chi connectivity index (χ3n) is 3.97. The van der Waals surface area contributed by atoms with Crippen molar-refractivity contribution in [2.75, 3.05) is 32.2 Å². The van der Waals surface area contributed by atoms with Gasteiger partial charge in [-0.05, 0) is 25.3 Å². The van der Waals surface area contributed by atoms with Gasteiger partial charge in [0.05, 0.1) is 25.9 Å². The Morgan fingerprint density at radius 1 is 1.23 bits per heavy atom. The highest BCUT2D eigenvalue weighted by Crippen LogP contribution is 2.30. The van der Waals surface area contributed by atoms with Gasteiger partial charge in [0.1, 0.15) is 11.5 Å². The van der Waals surface area contributed by atoms with Crippen LogP contribution in [0.25, 0.3) is 0 Å². The van der Waals surface area contributed by atoms with E-state index in [0.717, 1.165) is 25.1 Å². The van der Waals surface area contributed by atoms with Gasteiger partial charge >= 0.3 is 0 Å². The van der Waals surface area contributed by atoms with Gasteiger partial charge < -0.3 is 19.7 Å². The van der Waals surface area contributed by atoms with Crippen LogP contribution >= 0.6 is 0 Å². The molecule has 1 N–H and O–H groups in total. The van der Waals surface area contributed by atoms with E-state index in [-0.39, 0.29) is 11.9 Å². The lowest BCUT2D eigenvalue weighted by atomic mass is 10.1. The molecule has 1 saturated heterocycles. The van der Waals surface area contributed by atoms with Gasteiger partial charge in [-0.1, -0.05) is 13.8 Å². The molecular formula is C17H26N2O3. The predicted octanol–water partition coefficient (Wildman–Crippen LogP) is 2.44. The first-order valence-electron chi connectivity index (χ1n) is 7.83. The number of methoxy groups -OCH3 is 2. The molecule has 1 aromatic carbocycles. The molecule has 5 heteroatoms. The van der Waals surface area contributed by atoms with Crippen LogP contribution in [0.3, 0.4) is 0 Å². The summed E-state index contributed by atoms with van der Waals surface area (Å²) in [7, 11) is 3.22. The molecule has 0 radical (unpaired) electrons. The highest BCUT2D eigenvalue weighted by Gasteiger charge is 2.32. The molecule has 22 heavy (non-hydrogen) atoms. The molecule has 1 aromatic rings. The zero-order chi connectivity index (χ0) is 16.1. The van der Waals surface area contributed by atoms with Gasteiger partial charge in [0.25, 0.3) is 0 Å². The van der Waals surface area contributed by atoms with Gasteiger partial charge in [-0.2, -0.15) is 0 Å². The van der Waals surface area contributed by atoms with E-state index in [0.29, 0.717) is 24.0 Å². The molecule has 1 aliphatic heterocycles. The van der Waals surface area contributed by atoms with Crippen molar-refractivity contribution in [3.8, 4) is 11.5 Å². The molecule has 1 fully saturated rings. The number of hydrogen-bond acceptors (Lipinski definition) is 4. The summed E-state index contributed by atoms with van der Waals surface area (Å²) in [6, 6.07) is 5.46. The molecule has 5 nitrogen and oxygen atoms in total. The SMILES string of the molecule is COc1cc(OC)cc(N2CCC(NCCC(C)C)C2=O)c1. The lowest BCUT2D eigenvalue weighted by molar-refractivity contribution is -0.118. The Labute approximate surface area is 132 Å². The fourth-order valence-corrected chi connectivity index (χ4v) is 2.62. The second-order valence-corrected chi connectivity index (χ2v) is 6.04. The van der Waals surface area contributed by atoms with Crippen LogP contribution in [0, 0.1) is 5.92 Å². The number of anilines is 1. The molecule has 1 unspecified atom stereocenters. The van der Waals surface area contributed by atoms with E-state index in [1.807, 2.05) is 18.2 Å². The van der Waals surface area contributed by atoms with Crippen LogP contribution < -0.4 is 19.7 Å². The zero-order valence-electron chi connectivity index (χ0n) is 13.9. The number of nitrogens with one attached hydrogen (secondary N) is 1. The summed E-state index contributed by atoms with van der Waals surface area (Å²) in [5.74, 6) is 2.15. The fourth-order valence-electron chi connectivity index (χ4n) is 2.62. The van der Waals surface area contributed by atoms with E-state index in [1.54, 1.807) is 19.1 Å². The maximum Gasteiger partial charge on any atom is 0.244 e.